The smallest absolute Gasteiger partial charge is 0.314 e. The van der Waals surface area contributed by atoms with E-state index in [1.165, 1.54) is 0 Å². The van der Waals surface area contributed by atoms with Gasteiger partial charge in [-0.2, -0.15) is 0 Å². The number of pyridine rings is 1. The molecule has 1 rings (SSSR count). The minimum Gasteiger partial charge on any atom is -0.481 e. The van der Waals surface area contributed by atoms with E-state index in [1.807, 2.05) is 25.1 Å². The summed E-state index contributed by atoms with van der Waals surface area (Å²) in [6.45, 7) is 2.91. The number of nitrogens with zero attached hydrogens (tertiary/aromatic N) is 1. The SMILES string of the molecule is CC(CCC(=O)O)CNC(=O)NCCc1ccccn1. The monoisotopic (exact) mass is 279 g/mol. The first-order valence-electron chi connectivity index (χ1n) is 6.71. The molecule has 2 amide bonds. The van der Waals surface area contributed by atoms with Crippen molar-refractivity contribution >= 4 is 12.0 Å². The molecule has 20 heavy (non-hydrogen) atoms. The first kappa shape index (κ1) is 15.9. The van der Waals surface area contributed by atoms with Crippen LogP contribution in [-0.4, -0.2) is 35.2 Å². The summed E-state index contributed by atoms with van der Waals surface area (Å²) in [6.07, 6.45) is 3.09. The van der Waals surface area contributed by atoms with E-state index in [9.17, 15) is 9.59 Å². The average Bonchev–Trinajstić information content (AvgIpc) is 2.44. The number of hydrogen-bond acceptors (Lipinski definition) is 3. The van der Waals surface area contributed by atoms with Crippen molar-refractivity contribution in [3.63, 3.8) is 0 Å². The van der Waals surface area contributed by atoms with Crippen molar-refractivity contribution in [1.82, 2.24) is 15.6 Å². The molecule has 0 radical (unpaired) electrons. The van der Waals surface area contributed by atoms with E-state index in [2.05, 4.69) is 15.6 Å². The van der Waals surface area contributed by atoms with Crippen molar-refractivity contribution in [3.8, 4) is 0 Å². The van der Waals surface area contributed by atoms with Gasteiger partial charge < -0.3 is 15.7 Å². The molecular weight excluding hydrogens is 258 g/mol. The highest BCUT2D eigenvalue weighted by atomic mass is 16.4. The van der Waals surface area contributed by atoms with Crippen LogP contribution in [0.15, 0.2) is 24.4 Å². The zero-order valence-corrected chi connectivity index (χ0v) is 11.6. The Morgan fingerprint density at radius 1 is 1.35 bits per heavy atom. The van der Waals surface area contributed by atoms with Crippen LogP contribution >= 0.6 is 0 Å². The third-order valence-electron chi connectivity index (χ3n) is 2.85. The van der Waals surface area contributed by atoms with Gasteiger partial charge in [0.1, 0.15) is 0 Å². The molecule has 3 N–H and O–H groups in total. The number of aliphatic carboxylic acids is 1. The van der Waals surface area contributed by atoms with E-state index >= 15 is 0 Å². The number of carbonyl (C=O) groups is 2. The van der Waals surface area contributed by atoms with Crippen molar-refractivity contribution < 1.29 is 14.7 Å². The van der Waals surface area contributed by atoms with Gasteiger partial charge in [0, 0.05) is 37.8 Å². The number of urea groups is 1. The van der Waals surface area contributed by atoms with Crippen LogP contribution in [-0.2, 0) is 11.2 Å². The van der Waals surface area contributed by atoms with Crippen LogP contribution < -0.4 is 10.6 Å². The molecule has 110 valence electrons. The lowest BCUT2D eigenvalue weighted by molar-refractivity contribution is -0.137. The average molecular weight is 279 g/mol. The standard InChI is InChI=1S/C14H21N3O3/c1-11(5-6-13(18)19)10-17-14(20)16-9-7-12-4-2-3-8-15-12/h2-4,8,11H,5-7,9-10H2,1H3,(H,18,19)(H2,16,17,20). The first-order chi connectivity index (χ1) is 9.58. The maximum absolute atomic E-state index is 11.5. The van der Waals surface area contributed by atoms with Gasteiger partial charge in [-0.05, 0) is 24.5 Å². The van der Waals surface area contributed by atoms with Crippen molar-refractivity contribution in [2.75, 3.05) is 13.1 Å². The van der Waals surface area contributed by atoms with Crippen LogP contribution in [0.3, 0.4) is 0 Å². The Bertz CT molecular complexity index is 423. The summed E-state index contributed by atoms with van der Waals surface area (Å²) in [6, 6.07) is 5.44. The molecule has 0 spiro atoms. The van der Waals surface area contributed by atoms with Gasteiger partial charge in [-0.3, -0.25) is 9.78 Å². The molecule has 1 atom stereocenters. The largest absolute Gasteiger partial charge is 0.481 e. The Morgan fingerprint density at radius 2 is 2.15 bits per heavy atom. The van der Waals surface area contributed by atoms with Crippen molar-refractivity contribution in [3.05, 3.63) is 30.1 Å². The van der Waals surface area contributed by atoms with Crippen LogP contribution in [0.5, 0.6) is 0 Å². The van der Waals surface area contributed by atoms with E-state index in [1.54, 1.807) is 6.20 Å². The molecule has 0 aliphatic rings. The van der Waals surface area contributed by atoms with Gasteiger partial charge in [-0.25, -0.2) is 4.79 Å². The maximum atomic E-state index is 11.5. The van der Waals surface area contributed by atoms with Gasteiger partial charge in [0.05, 0.1) is 0 Å². The Balaban J connectivity index is 2.10. The van der Waals surface area contributed by atoms with Crippen LogP contribution in [0.4, 0.5) is 4.79 Å². The fourth-order valence-corrected chi connectivity index (χ4v) is 1.65. The van der Waals surface area contributed by atoms with Crippen LogP contribution in [0.2, 0.25) is 0 Å². The zero-order chi connectivity index (χ0) is 14.8. The lowest BCUT2D eigenvalue weighted by atomic mass is 10.1. The molecule has 1 aromatic heterocycles. The summed E-state index contributed by atoms with van der Waals surface area (Å²) >= 11 is 0. The van der Waals surface area contributed by atoms with E-state index in [0.29, 0.717) is 25.9 Å². The van der Waals surface area contributed by atoms with E-state index in [4.69, 9.17) is 5.11 Å². The molecule has 0 saturated carbocycles. The molecule has 0 bridgehead atoms. The number of amides is 2. The number of carboxylic acids is 1. The number of rotatable bonds is 8. The van der Waals surface area contributed by atoms with Gasteiger partial charge in [-0.15, -0.1) is 0 Å². The number of aromatic nitrogens is 1. The Hall–Kier alpha value is -2.11. The molecule has 1 unspecified atom stereocenters. The highest BCUT2D eigenvalue weighted by Gasteiger charge is 2.07. The zero-order valence-electron chi connectivity index (χ0n) is 11.6. The third-order valence-corrected chi connectivity index (χ3v) is 2.85. The summed E-state index contributed by atoms with van der Waals surface area (Å²) in [7, 11) is 0. The molecule has 0 saturated heterocycles. The number of carbonyl (C=O) groups excluding carboxylic acids is 1. The molecule has 1 aromatic rings. The van der Waals surface area contributed by atoms with Crippen LogP contribution in [0.1, 0.15) is 25.5 Å². The van der Waals surface area contributed by atoms with Gasteiger partial charge in [0.2, 0.25) is 0 Å². The molecule has 0 aromatic carbocycles. The molecule has 1 heterocycles. The summed E-state index contributed by atoms with van der Waals surface area (Å²) in [4.78, 5) is 26.1. The Morgan fingerprint density at radius 3 is 2.80 bits per heavy atom. The topological polar surface area (TPSA) is 91.3 Å². The molecule has 6 heteroatoms. The highest BCUT2D eigenvalue weighted by Crippen LogP contribution is 2.03. The molecule has 6 nitrogen and oxygen atoms in total. The van der Waals surface area contributed by atoms with Gasteiger partial charge in [0.25, 0.3) is 0 Å². The molecular formula is C14H21N3O3. The molecule has 0 aliphatic carbocycles. The van der Waals surface area contributed by atoms with Gasteiger partial charge in [0.15, 0.2) is 0 Å². The number of hydrogen-bond donors (Lipinski definition) is 3. The predicted molar refractivity (Wildman–Crippen MR) is 75.4 cm³/mol. The van der Waals surface area contributed by atoms with Crippen molar-refractivity contribution in [2.45, 2.75) is 26.2 Å². The summed E-state index contributed by atoms with van der Waals surface area (Å²) in [5.41, 5.74) is 0.933. The van der Waals surface area contributed by atoms with Gasteiger partial charge >= 0.3 is 12.0 Å². The summed E-state index contributed by atoms with van der Waals surface area (Å²) in [5.74, 6) is -0.663. The predicted octanol–water partition coefficient (Wildman–Crippen LogP) is 1.42. The Labute approximate surface area is 118 Å². The van der Waals surface area contributed by atoms with E-state index in [-0.39, 0.29) is 18.4 Å². The quantitative estimate of drug-likeness (QED) is 0.671. The fraction of sp³-hybridized carbons (Fsp3) is 0.500. The minimum absolute atomic E-state index is 0.129. The normalized spacial score (nSPS) is 11.7. The third kappa shape index (κ3) is 7.35. The minimum atomic E-state index is -0.809. The fourth-order valence-electron chi connectivity index (χ4n) is 1.65. The second-order valence-electron chi connectivity index (χ2n) is 4.75. The molecule has 0 aliphatic heterocycles. The molecule has 0 fully saturated rings. The maximum Gasteiger partial charge on any atom is 0.314 e. The number of carboxylic acid groups (broad SMARTS) is 1. The van der Waals surface area contributed by atoms with Crippen LogP contribution in [0, 0.1) is 5.92 Å². The van der Waals surface area contributed by atoms with E-state index in [0.717, 1.165) is 5.69 Å². The Kier molecular flexibility index (Phi) is 7.10. The number of nitrogens with one attached hydrogen (secondary N) is 2. The van der Waals surface area contributed by atoms with Gasteiger partial charge in [-0.1, -0.05) is 13.0 Å². The van der Waals surface area contributed by atoms with Crippen molar-refractivity contribution in [1.29, 1.82) is 0 Å². The van der Waals surface area contributed by atoms with Crippen LogP contribution in [0.25, 0.3) is 0 Å². The summed E-state index contributed by atoms with van der Waals surface area (Å²) < 4.78 is 0. The van der Waals surface area contributed by atoms with Crippen molar-refractivity contribution in [2.24, 2.45) is 5.92 Å². The van der Waals surface area contributed by atoms with E-state index < -0.39 is 5.97 Å². The highest BCUT2D eigenvalue weighted by molar-refractivity contribution is 5.73. The lowest BCUT2D eigenvalue weighted by Crippen LogP contribution is -2.38. The second kappa shape index (κ2) is 8.90. The lowest BCUT2D eigenvalue weighted by Gasteiger charge is -2.12. The summed E-state index contributed by atoms with van der Waals surface area (Å²) in [5, 5.41) is 14.0. The second-order valence-corrected chi connectivity index (χ2v) is 4.75. The first-order valence-corrected chi connectivity index (χ1v) is 6.71.